The van der Waals surface area contributed by atoms with Gasteiger partial charge in [-0.3, -0.25) is 4.79 Å². The van der Waals surface area contributed by atoms with Crippen LogP contribution in [0.5, 0.6) is 0 Å². The van der Waals surface area contributed by atoms with Crippen LogP contribution in [0, 0.1) is 6.92 Å². The van der Waals surface area contributed by atoms with Gasteiger partial charge in [0.2, 0.25) is 0 Å². The maximum absolute atomic E-state index is 12.6. The molecule has 0 bridgehead atoms. The van der Waals surface area contributed by atoms with Gasteiger partial charge in [0.15, 0.2) is 21.3 Å². The van der Waals surface area contributed by atoms with Gasteiger partial charge in [0.25, 0.3) is 5.91 Å². The van der Waals surface area contributed by atoms with Crippen molar-refractivity contribution in [1.82, 2.24) is 15.1 Å². The summed E-state index contributed by atoms with van der Waals surface area (Å²) >= 11 is 0. The lowest BCUT2D eigenvalue weighted by Gasteiger charge is -2.24. The third-order valence-electron chi connectivity index (χ3n) is 4.85. The summed E-state index contributed by atoms with van der Waals surface area (Å²) < 4.78 is 23.3. The third kappa shape index (κ3) is 4.27. The number of rotatable bonds is 5. The second-order valence-electron chi connectivity index (χ2n) is 6.83. The van der Waals surface area contributed by atoms with Crippen molar-refractivity contribution in [2.75, 3.05) is 30.0 Å². The lowest BCUT2D eigenvalue weighted by Crippen LogP contribution is -2.38. The Bertz CT molecular complexity index is 928. The van der Waals surface area contributed by atoms with Crippen molar-refractivity contribution in [3.8, 4) is 0 Å². The number of sulfone groups is 1. The molecule has 144 valence electrons. The molecule has 1 atom stereocenters. The van der Waals surface area contributed by atoms with E-state index in [4.69, 9.17) is 0 Å². The first-order valence-electron chi connectivity index (χ1n) is 8.96. The number of amides is 1. The Morgan fingerprint density at radius 3 is 2.56 bits per heavy atom. The Balaban J connectivity index is 1.77. The van der Waals surface area contributed by atoms with Gasteiger partial charge in [-0.2, -0.15) is 0 Å². The van der Waals surface area contributed by atoms with Crippen molar-refractivity contribution < 1.29 is 13.2 Å². The molecule has 1 aliphatic heterocycles. The number of hydrogen-bond donors (Lipinski definition) is 0. The number of carbonyl (C=O) groups is 1. The number of benzene rings is 1. The van der Waals surface area contributed by atoms with Gasteiger partial charge in [-0.25, -0.2) is 8.42 Å². The highest BCUT2D eigenvalue weighted by atomic mass is 32.2. The van der Waals surface area contributed by atoms with E-state index >= 15 is 0 Å². The highest BCUT2D eigenvalue weighted by Crippen LogP contribution is 2.24. The summed E-state index contributed by atoms with van der Waals surface area (Å²) in [6, 6.07) is 11.2. The highest BCUT2D eigenvalue weighted by molar-refractivity contribution is 7.91. The van der Waals surface area contributed by atoms with Gasteiger partial charge in [-0.15, -0.1) is 10.2 Å². The van der Waals surface area contributed by atoms with Crippen LogP contribution in [0.1, 0.15) is 29.4 Å². The van der Waals surface area contributed by atoms with Crippen LogP contribution in [0.2, 0.25) is 0 Å². The molecule has 1 amide bonds. The van der Waals surface area contributed by atoms with Crippen LogP contribution in [0.3, 0.4) is 0 Å². The lowest BCUT2D eigenvalue weighted by molar-refractivity contribution is 0.0740. The average Bonchev–Trinajstić information content (AvgIpc) is 3.02. The smallest absolute Gasteiger partial charge is 0.274 e. The SMILES string of the molecule is CCN(c1cccc(C)c1)c1ccc(C(=O)N(C)C2CCS(=O)(=O)C2)nn1. The summed E-state index contributed by atoms with van der Waals surface area (Å²) in [7, 11) is -1.43. The molecule has 1 unspecified atom stereocenters. The molecule has 0 spiro atoms. The average molecular weight is 388 g/mol. The minimum Gasteiger partial charge on any atom is -0.336 e. The van der Waals surface area contributed by atoms with E-state index in [9.17, 15) is 13.2 Å². The fraction of sp³-hybridized carbons (Fsp3) is 0.421. The predicted octanol–water partition coefficient (Wildman–Crippen LogP) is 2.20. The quantitative estimate of drug-likeness (QED) is 0.781. The van der Waals surface area contributed by atoms with Crippen LogP contribution in [-0.4, -0.2) is 60.6 Å². The highest BCUT2D eigenvalue weighted by Gasteiger charge is 2.33. The number of aryl methyl sites for hydroxylation is 1. The third-order valence-corrected chi connectivity index (χ3v) is 6.60. The Morgan fingerprint density at radius 1 is 1.22 bits per heavy atom. The molecule has 1 saturated heterocycles. The van der Waals surface area contributed by atoms with Gasteiger partial charge < -0.3 is 9.80 Å². The Labute approximate surface area is 159 Å². The van der Waals surface area contributed by atoms with Crippen molar-refractivity contribution >= 4 is 27.2 Å². The molecule has 0 saturated carbocycles. The molecule has 1 fully saturated rings. The maximum atomic E-state index is 12.6. The van der Waals surface area contributed by atoms with Gasteiger partial charge in [0.1, 0.15) is 0 Å². The van der Waals surface area contributed by atoms with Crippen LogP contribution in [0.25, 0.3) is 0 Å². The minimum atomic E-state index is -3.05. The second kappa shape index (κ2) is 7.64. The van der Waals surface area contributed by atoms with E-state index in [2.05, 4.69) is 16.3 Å². The summed E-state index contributed by atoms with van der Waals surface area (Å²) in [5.74, 6) is 0.486. The van der Waals surface area contributed by atoms with Gasteiger partial charge in [-0.05, 0) is 50.1 Å². The van der Waals surface area contributed by atoms with Crippen LogP contribution in [0.4, 0.5) is 11.5 Å². The first-order valence-corrected chi connectivity index (χ1v) is 10.8. The zero-order chi connectivity index (χ0) is 19.6. The van der Waals surface area contributed by atoms with Crippen molar-refractivity contribution in [3.05, 3.63) is 47.7 Å². The number of carbonyl (C=O) groups excluding carboxylic acids is 1. The largest absolute Gasteiger partial charge is 0.336 e. The maximum Gasteiger partial charge on any atom is 0.274 e. The molecule has 2 aromatic rings. The summed E-state index contributed by atoms with van der Waals surface area (Å²) in [5.41, 5.74) is 2.38. The van der Waals surface area contributed by atoms with E-state index in [0.29, 0.717) is 18.8 Å². The fourth-order valence-corrected chi connectivity index (χ4v) is 5.06. The van der Waals surface area contributed by atoms with E-state index in [0.717, 1.165) is 11.3 Å². The van der Waals surface area contributed by atoms with E-state index in [-0.39, 0.29) is 29.1 Å². The summed E-state index contributed by atoms with van der Waals surface area (Å²) in [4.78, 5) is 16.1. The van der Waals surface area contributed by atoms with E-state index < -0.39 is 9.84 Å². The molecule has 27 heavy (non-hydrogen) atoms. The van der Waals surface area contributed by atoms with Crippen molar-refractivity contribution in [2.24, 2.45) is 0 Å². The Hall–Kier alpha value is -2.48. The van der Waals surface area contributed by atoms with Gasteiger partial charge in [0, 0.05) is 25.3 Å². The summed E-state index contributed by atoms with van der Waals surface area (Å²) in [5, 5.41) is 8.32. The monoisotopic (exact) mass is 388 g/mol. The lowest BCUT2D eigenvalue weighted by atomic mass is 10.2. The minimum absolute atomic E-state index is 0.0116. The molecule has 0 N–H and O–H groups in total. The molecule has 3 rings (SSSR count). The molecule has 2 heterocycles. The van der Waals surface area contributed by atoms with Crippen LogP contribution in [0.15, 0.2) is 36.4 Å². The molecule has 8 heteroatoms. The molecule has 0 aliphatic carbocycles. The molecule has 7 nitrogen and oxygen atoms in total. The topological polar surface area (TPSA) is 83.5 Å². The Kier molecular flexibility index (Phi) is 5.46. The summed E-state index contributed by atoms with van der Waals surface area (Å²) in [6.45, 7) is 4.77. The number of nitrogens with zero attached hydrogens (tertiary/aromatic N) is 4. The zero-order valence-corrected chi connectivity index (χ0v) is 16.6. The van der Waals surface area contributed by atoms with E-state index in [1.54, 1.807) is 19.2 Å². The van der Waals surface area contributed by atoms with Gasteiger partial charge in [-0.1, -0.05) is 12.1 Å². The predicted molar refractivity (Wildman–Crippen MR) is 105 cm³/mol. The first-order chi connectivity index (χ1) is 12.8. The van der Waals surface area contributed by atoms with E-state index in [1.807, 2.05) is 36.9 Å². The van der Waals surface area contributed by atoms with Crippen LogP contribution >= 0.6 is 0 Å². The fourth-order valence-electron chi connectivity index (χ4n) is 3.28. The number of anilines is 2. The molecule has 1 aromatic heterocycles. The van der Waals surface area contributed by atoms with Crippen molar-refractivity contribution in [1.29, 1.82) is 0 Å². The second-order valence-corrected chi connectivity index (χ2v) is 9.06. The van der Waals surface area contributed by atoms with Gasteiger partial charge in [0.05, 0.1) is 11.5 Å². The van der Waals surface area contributed by atoms with Crippen molar-refractivity contribution in [3.63, 3.8) is 0 Å². The zero-order valence-electron chi connectivity index (χ0n) is 15.8. The van der Waals surface area contributed by atoms with Gasteiger partial charge >= 0.3 is 0 Å². The molecular weight excluding hydrogens is 364 g/mol. The molecule has 1 aliphatic rings. The van der Waals surface area contributed by atoms with Crippen molar-refractivity contribution in [2.45, 2.75) is 26.3 Å². The molecular formula is C19H24N4O3S. The molecule has 0 radical (unpaired) electrons. The standard InChI is InChI=1S/C19H24N4O3S/c1-4-23(15-7-5-6-14(2)12-15)18-9-8-17(20-21-18)19(24)22(3)16-10-11-27(25,26)13-16/h5-9,12,16H,4,10-11,13H2,1-3H3. The van der Waals surface area contributed by atoms with E-state index in [1.165, 1.54) is 4.90 Å². The van der Waals surface area contributed by atoms with Crippen LogP contribution in [-0.2, 0) is 9.84 Å². The molecule has 1 aromatic carbocycles. The number of aromatic nitrogens is 2. The summed E-state index contributed by atoms with van der Waals surface area (Å²) in [6.07, 6.45) is 0.465. The number of hydrogen-bond acceptors (Lipinski definition) is 6. The normalized spacial score (nSPS) is 18.3. The first kappa shape index (κ1) is 19.3. The van der Waals surface area contributed by atoms with Crippen LogP contribution < -0.4 is 4.90 Å². The Morgan fingerprint density at radius 2 is 2.00 bits per heavy atom.